The summed E-state index contributed by atoms with van der Waals surface area (Å²) in [4.78, 5) is 41.8. The molecule has 0 atom stereocenters. The van der Waals surface area contributed by atoms with Crippen LogP contribution in [-0.2, 0) is 25.4 Å². The van der Waals surface area contributed by atoms with E-state index in [1.54, 1.807) is 4.68 Å². The number of amides is 1. The van der Waals surface area contributed by atoms with Gasteiger partial charge in [0, 0.05) is 14.1 Å². The van der Waals surface area contributed by atoms with Crippen molar-refractivity contribution in [3.8, 4) is 5.69 Å². The summed E-state index contributed by atoms with van der Waals surface area (Å²) in [5.41, 5.74) is 2.31. The Morgan fingerprint density at radius 1 is 1.10 bits per heavy atom. The van der Waals surface area contributed by atoms with Gasteiger partial charge in [-0.2, -0.15) is 5.10 Å². The molecule has 4 aromatic rings. The molecule has 160 valence electrons. The van der Waals surface area contributed by atoms with Gasteiger partial charge < -0.3 is 5.32 Å². The molecule has 0 aliphatic rings. The number of hydrogen-bond donors (Lipinski definition) is 1. The number of benzene rings is 1. The number of carbonyl (C=O) groups excluding carboxylic acids is 1. The second-order valence-corrected chi connectivity index (χ2v) is 7.90. The summed E-state index contributed by atoms with van der Waals surface area (Å²) in [5.74, 6) is -0.341. The van der Waals surface area contributed by atoms with Gasteiger partial charge in [-0.3, -0.25) is 23.3 Å². The molecule has 3 heterocycles. The largest absolute Gasteiger partial charge is 0.332 e. The summed E-state index contributed by atoms with van der Waals surface area (Å²) in [5, 5.41) is 7.43. The summed E-state index contributed by atoms with van der Waals surface area (Å²) >= 11 is 3.30. The molecule has 10 nitrogen and oxygen atoms in total. The quantitative estimate of drug-likeness (QED) is 0.442. The van der Waals surface area contributed by atoms with E-state index in [0.29, 0.717) is 11.4 Å². The second kappa shape index (κ2) is 7.65. The summed E-state index contributed by atoms with van der Waals surface area (Å²) in [6.07, 6.45) is 0. The lowest BCUT2D eigenvalue weighted by atomic mass is 10.3. The molecule has 4 rings (SSSR count). The normalized spacial score (nSPS) is 11.3. The maximum absolute atomic E-state index is 12.9. The van der Waals surface area contributed by atoms with E-state index in [1.165, 1.54) is 23.2 Å². The minimum absolute atomic E-state index is 0.105. The number of aryl methyl sites for hydroxylation is 2. The Morgan fingerprint density at radius 3 is 2.45 bits per heavy atom. The van der Waals surface area contributed by atoms with Crippen LogP contribution in [0.4, 0.5) is 5.69 Å². The van der Waals surface area contributed by atoms with E-state index in [0.717, 1.165) is 15.9 Å². The summed E-state index contributed by atoms with van der Waals surface area (Å²) in [6.45, 7) is 3.55. The van der Waals surface area contributed by atoms with Gasteiger partial charge in [-0.1, -0.05) is 18.2 Å². The third kappa shape index (κ3) is 3.40. The predicted octanol–water partition coefficient (Wildman–Crippen LogP) is 1.64. The van der Waals surface area contributed by atoms with Gasteiger partial charge in [0.05, 0.1) is 22.8 Å². The highest BCUT2D eigenvalue weighted by Crippen LogP contribution is 2.23. The van der Waals surface area contributed by atoms with Crippen LogP contribution in [0.25, 0.3) is 16.9 Å². The first-order valence-electron chi connectivity index (χ1n) is 9.44. The SMILES string of the molecule is Cc1nn(-c2ccccc2)c(C)c1NC(=O)Cn1c(Br)nc2c(=O)n(C)c(=O)n(C)c21. The van der Waals surface area contributed by atoms with Crippen molar-refractivity contribution in [2.75, 3.05) is 5.32 Å². The van der Waals surface area contributed by atoms with E-state index in [4.69, 9.17) is 0 Å². The van der Waals surface area contributed by atoms with Gasteiger partial charge in [-0.25, -0.2) is 14.5 Å². The Bertz CT molecular complexity index is 1440. The molecule has 11 heteroatoms. The molecule has 1 aromatic carbocycles. The van der Waals surface area contributed by atoms with Crippen molar-refractivity contribution in [1.29, 1.82) is 0 Å². The van der Waals surface area contributed by atoms with E-state index in [1.807, 2.05) is 44.2 Å². The monoisotopic (exact) mass is 485 g/mol. The fourth-order valence-corrected chi connectivity index (χ4v) is 4.04. The number of fused-ring (bicyclic) bond motifs is 1. The van der Waals surface area contributed by atoms with Gasteiger partial charge in [0.2, 0.25) is 5.91 Å². The summed E-state index contributed by atoms with van der Waals surface area (Å²) in [6, 6.07) is 9.62. The standard InChI is InChI=1S/C20H20BrN7O3/c1-11-15(12(2)28(24-11)13-8-6-5-7-9-13)22-14(29)10-27-17-16(23-19(27)21)18(30)26(4)20(31)25(17)3/h5-9H,10H2,1-4H3,(H,22,29). The number of nitrogens with one attached hydrogen (secondary N) is 1. The first kappa shape index (κ1) is 20.8. The van der Waals surface area contributed by atoms with Crippen LogP contribution in [0.1, 0.15) is 11.4 Å². The van der Waals surface area contributed by atoms with Gasteiger partial charge in [-0.15, -0.1) is 0 Å². The first-order chi connectivity index (χ1) is 14.7. The molecule has 0 radical (unpaired) electrons. The lowest BCUT2D eigenvalue weighted by molar-refractivity contribution is -0.116. The number of para-hydroxylation sites is 1. The highest BCUT2D eigenvalue weighted by atomic mass is 79.9. The van der Waals surface area contributed by atoms with Crippen molar-refractivity contribution in [3.05, 3.63) is 67.3 Å². The topological polar surface area (TPSA) is 109 Å². The van der Waals surface area contributed by atoms with Crippen LogP contribution in [0.3, 0.4) is 0 Å². The first-order valence-corrected chi connectivity index (χ1v) is 10.2. The third-order valence-electron chi connectivity index (χ3n) is 5.15. The molecular formula is C20H20BrN7O3. The average molecular weight is 486 g/mol. The average Bonchev–Trinajstić information content (AvgIpc) is 3.22. The van der Waals surface area contributed by atoms with Gasteiger partial charge in [0.15, 0.2) is 15.9 Å². The number of rotatable bonds is 4. The van der Waals surface area contributed by atoms with Crippen LogP contribution in [0, 0.1) is 13.8 Å². The molecule has 3 aromatic heterocycles. The third-order valence-corrected chi connectivity index (χ3v) is 5.76. The van der Waals surface area contributed by atoms with Crippen LogP contribution < -0.4 is 16.6 Å². The number of nitrogens with zero attached hydrogens (tertiary/aromatic N) is 6. The van der Waals surface area contributed by atoms with Crippen molar-refractivity contribution in [2.24, 2.45) is 14.1 Å². The smallest absolute Gasteiger partial charge is 0.321 e. The molecule has 0 unspecified atom stereocenters. The predicted molar refractivity (Wildman–Crippen MR) is 120 cm³/mol. The number of halogens is 1. The minimum Gasteiger partial charge on any atom is -0.321 e. The zero-order valence-corrected chi connectivity index (χ0v) is 19.0. The maximum Gasteiger partial charge on any atom is 0.332 e. The van der Waals surface area contributed by atoms with Crippen molar-refractivity contribution >= 4 is 38.7 Å². The van der Waals surface area contributed by atoms with Crippen molar-refractivity contribution < 1.29 is 4.79 Å². The molecule has 0 saturated heterocycles. The molecule has 0 fully saturated rings. The molecular weight excluding hydrogens is 466 g/mol. The molecule has 0 saturated carbocycles. The van der Waals surface area contributed by atoms with Gasteiger partial charge in [0.25, 0.3) is 5.56 Å². The highest BCUT2D eigenvalue weighted by molar-refractivity contribution is 9.10. The number of aromatic nitrogens is 6. The molecule has 1 N–H and O–H groups in total. The summed E-state index contributed by atoms with van der Waals surface area (Å²) in [7, 11) is 2.92. The van der Waals surface area contributed by atoms with E-state index >= 15 is 0 Å². The van der Waals surface area contributed by atoms with E-state index in [-0.39, 0.29) is 28.3 Å². The second-order valence-electron chi connectivity index (χ2n) is 7.19. The van der Waals surface area contributed by atoms with Crippen LogP contribution in [0.2, 0.25) is 0 Å². The van der Waals surface area contributed by atoms with Crippen molar-refractivity contribution in [3.63, 3.8) is 0 Å². The van der Waals surface area contributed by atoms with Crippen molar-refractivity contribution in [1.82, 2.24) is 28.5 Å². The Balaban J connectivity index is 1.69. The van der Waals surface area contributed by atoms with Gasteiger partial charge in [0.1, 0.15) is 6.54 Å². The minimum atomic E-state index is -0.520. The van der Waals surface area contributed by atoms with Gasteiger partial charge >= 0.3 is 5.69 Å². The Labute approximate surface area is 184 Å². The van der Waals surface area contributed by atoms with Crippen LogP contribution in [0.5, 0.6) is 0 Å². The number of hydrogen-bond acceptors (Lipinski definition) is 5. The lowest BCUT2D eigenvalue weighted by Gasteiger charge is -2.11. The number of anilines is 1. The maximum atomic E-state index is 12.9. The molecule has 0 aliphatic heterocycles. The Kier molecular flexibility index (Phi) is 5.13. The Morgan fingerprint density at radius 2 is 1.77 bits per heavy atom. The van der Waals surface area contributed by atoms with Crippen LogP contribution >= 0.6 is 15.9 Å². The fourth-order valence-electron chi connectivity index (χ4n) is 3.57. The molecule has 0 bridgehead atoms. The molecule has 0 spiro atoms. The molecule has 0 aliphatic carbocycles. The lowest BCUT2D eigenvalue weighted by Crippen LogP contribution is -2.37. The fraction of sp³-hybridized carbons (Fsp3) is 0.250. The zero-order chi connectivity index (χ0) is 22.4. The number of carbonyl (C=O) groups is 1. The van der Waals surface area contributed by atoms with E-state index in [2.05, 4.69) is 31.3 Å². The van der Waals surface area contributed by atoms with E-state index < -0.39 is 11.2 Å². The van der Waals surface area contributed by atoms with Crippen LogP contribution in [0.15, 0.2) is 44.7 Å². The highest BCUT2D eigenvalue weighted by Gasteiger charge is 2.21. The van der Waals surface area contributed by atoms with E-state index in [9.17, 15) is 14.4 Å². The summed E-state index contributed by atoms with van der Waals surface area (Å²) < 4.78 is 5.81. The zero-order valence-electron chi connectivity index (χ0n) is 17.4. The Hall–Kier alpha value is -3.47. The van der Waals surface area contributed by atoms with Crippen LogP contribution in [-0.4, -0.2) is 34.4 Å². The molecule has 31 heavy (non-hydrogen) atoms. The van der Waals surface area contributed by atoms with Crippen molar-refractivity contribution in [2.45, 2.75) is 20.4 Å². The molecule has 1 amide bonds. The van der Waals surface area contributed by atoms with Gasteiger partial charge in [-0.05, 0) is 41.9 Å². The number of imidazole rings is 1.